The van der Waals surface area contributed by atoms with Crippen molar-refractivity contribution in [3.8, 4) is 0 Å². The number of nitrogens with one attached hydrogen (secondary N) is 1. The quantitative estimate of drug-likeness (QED) is 0.578. The number of aromatic nitrogens is 3. The largest absolute Gasteiger partial charge is 0.468 e. The molecule has 1 aromatic rings. The van der Waals surface area contributed by atoms with Crippen molar-refractivity contribution in [2.75, 3.05) is 19.4 Å². The Labute approximate surface area is 108 Å². The van der Waals surface area contributed by atoms with Gasteiger partial charge in [-0.05, 0) is 12.8 Å². The summed E-state index contributed by atoms with van der Waals surface area (Å²) in [6.45, 7) is -0.106. The molecule has 0 aliphatic heterocycles. The van der Waals surface area contributed by atoms with Gasteiger partial charge in [0.05, 0.1) is 12.9 Å². The van der Waals surface area contributed by atoms with Crippen LogP contribution in [-0.4, -0.2) is 46.0 Å². The van der Waals surface area contributed by atoms with Crippen LogP contribution in [-0.2, 0) is 14.3 Å². The van der Waals surface area contributed by atoms with E-state index < -0.39 is 5.97 Å². The lowest BCUT2D eigenvalue weighted by molar-refractivity contribution is -0.140. The minimum Gasteiger partial charge on any atom is -0.468 e. The Bertz CT molecular complexity index is 444. The van der Waals surface area contributed by atoms with E-state index in [1.165, 1.54) is 18.9 Å². The second-order valence-corrected chi connectivity index (χ2v) is 4.84. The van der Waals surface area contributed by atoms with E-state index in [2.05, 4.69) is 20.3 Å². The Hall–Kier alpha value is -1.57. The van der Waals surface area contributed by atoms with Crippen LogP contribution in [0.25, 0.3) is 0 Å². The van der Waals surface area contributed by atoms with Gasteiger partial charge in [-0.25, -0.2) is 0 Å². The van der Waals surface area contributed by atoms with Crippen molar-refractivity contribution in [2.45, 2.75) is 24.0 Å². The van der Waals surface area contributed by atoms with E-state index in [4.69, 9.17) is 0 Å². The van der Waals surface area contributed by atoms with Gasteiger partial charge in [-0.1, -0.05) is 11.8 Å². The van der Waals surface area contributed by atoms with Crippen LogP contribution in [0.2, 0.25) is 0 Å². The van der Waals surface area contributed by atoms with Crippen molar-refractivity contribution < 1.29 is 14.3 Å². The first-order valence-corrected chi connectivity index (χ1v) is 6.55. The Morgan fingerprint density at radius 3 is 3.06 bits per heavy atom. The minimum atomic E-state index is -0.463. The first-order valence-electron chi connectivity index (χ1n) is 5.56. The highest BCUT2D eigenvalue weighted by atomic mass is 32.2. The summed E-state index contributed by atoms with van der Waals surface area (Å²) in [6, 6.07) is 0.487. The van der Waals surface area contributed by atoms with Gasteiger partial charge in [0.25, 0.3) is 0 Å². The summed E-state index contributed by atoms with van der Waals surface area (Å²) in [7, 11) is 1.28. The molecule has 18 heavy (non-hydrogen) atoms. The Kier molecular flexibility index (Phi) is 4.19. The average molecular weight is 270 g/mol. The van der Waals surface area contributed by atoms with Gasteiger partial charge in [0.2, 0.25) is 5.91 Å². The molecule has 0 spiro atoms. The van der Waals surface area contributed by atoms with E-state index in [-0.39, 0.29) is 18.2 Å². The number of nitrogens with zero attached hydrogens (tertiary/aromatic N) is 3. The zero-order valence-electron chi connectivity index (χ0n) is 9.96. The summed E-state index contributed by atoms with van der Waals surface area (Å²) in [5.74, 6) is -0.479. The lowest BCUT2D eigenvalue weighted by atomic mass is 10.6. The molecule has 7 nitrogen and oxygen atoms in total. The van der Waals surface area contributed by atoms with Gasteiger partial charge in [-0.2, -0.15) is 0 Å². The number of carbonyl (C=O) groups excluding carboxylic acids is 2. The third-order valence-corrected chi connectivity index (χ3v) is 3.43. The van der Waals surface area contributed by atoms with E-state index in [0.29, 0.717) is 6.04 Å². The molecule has 1 aliphatic rings. The number of hydrogen-bond acceptors (Lipinski definition) is 6. The van der Waals surface area contributed by atoms with Crippen molar-refractivity contribution in [3.05, 3.63) is 6.33 Å². The van der Waals surface area contributed by atoms with E-state index >= 15 is 0 Å². The Morgan fingerprint density at radius 2 is 2.39 bits per heavy atom. The fourth-order valence-corrected chi connectivity index (χ4v) is 2.17. The van der Waals surface area contributed by atoms with Gasteiger partial charge < -0.3 is 14.6 Å². The topological polar surface area (TPSA) is 86.1 Å². The monoisotopic (exact) mass is 270 g/mol. The van der Waals surface area contributed by atoms with Crippen LogP contribution in [0.4, 0.5) is 0 Å². The normalized spacial score (nSPS) is 14.3. The Morgan fingerprint density at radius 1 is 1.61 bits per heavy atom. The SMILES string of the molecule is COC(=O)CNC(=O)CSc1nncn1C1CC1. The number of methoxy groups -OCH3 is 1. The molecule has 1 saturated carbocycles. The van der Waals surface area contributed by atoms with Crippen LogP contribution in [0.5, 0.6) is 0 Å². The summed E-state index contributed by atoms with van der Waals surface area (Å²) < 4.78 is 6.41. The first-order chi connectivity index (χ1) is 8.70. The molecule has 0 atom stereocenters. The number of amides is 1. The molecule has 0 bridgehead atoms. The number of carbonyl (C=O) groups is 2. The summed E-state index contributed by atoms with van der Waals surface area (Å²) in [4.78, 5) is 22.3. The minimum absolute atomic E-state index is 0.106. The summed E-state index contributed by atoms with van der Waals surface area (Å²) >= 11 is 1.31. The summed E-state index contributed by atoms with van der Waals surface area (Å²) in [5, 5.41) is 11.0. The van der Waals surface area contributed by atoms with Gasteiger partial charge in [0.15, 0.2) is 5.16 Å². The van der Waals surface area contributed by atoms with E-state index in [1.54, 1.807) is 6.33 Å². The van der Waals surface area contributed by atoms with Gasteiger partial charge in [0, 0.05) is 6.04 Å². The number of rotatable bonds is 6. The molecule has 1 aromatic heterocycles. The van der Waals surface area contributed by atoms with Gasteiger partial charge in [-0.15, -0.1) is 10.2 Å². The maximum atomic E-state index is 11.5. The maximum Gasteiger partial charge on any atom is 0.325 e. The molecule has 0 unspecified atom stereocenters. The van der Waals surface area contributed by atoms with E-state index in [1.807, 2.05) is 4.57 Å². The zero-order valence-corrected chi connectivity index (χ0v) is 10.8. The lowest BCUT2D eigenvalue weighted by Gasteiger charge is -2.04. The van der Waals surface area contributed by atoms with Crippen LogP contribution in [0.1, 0.15) is 18.9 Å². The van der Waals surface area contributed by atoms with Crippen molar-refractivity contribution in [1.82, 2.24) is 20.1 Å². The molecule has 0 saturated heterocycles. The predicted octanol–water partition coefficient (Wildman–Crippen LogP) is -0.00570. The fraction of sp³-hybridized carbons (Fsp3) is 0.600. The molecule has 1 heterocycles. The standard InChI is InChI=1S/C10H14N4O3S/c1-17-9(16)4-11-8(15)5-18-10-13-12-6-14(10)7-2-3-7/h6-7H,2-5H2,1H3,(H,11,15). The number of ether oxygens (including phenoxy) is 1. The molecular weight excluding hydrogens is 256 g/mol. The van der Waals surface area contributed by atoms with Crippen LogP contribution < -0.4 is 5.32 Å². The van der Waals surface area contributed by atoms with Gasteiger partial charge >= 0.3 is 5.97 Å². The molecular formula is C10H14N4O3S. The average Bonchev–Trinajstić information content (AvgIpc) is 3.12. The molecule has 2 rings (SSSR count). The van der Waals surface area contributed by atoms with Crippen molar-refractivity contribution in [2.24, 2.45) is 0 Å². The van der Waals surface area contributed by atoms with Crippen molar-refractivity contribution >= 4 is 23.6 Å². The third-order valence-electron chi connectivity index (χ3n) is 2.47. The second kappa shape index (κ2) is 5.85. The van der Waals surface area contributed by atoms with Crippen LogP contribution >= 0.6 is 11.8 Å². The summed E-state index contributed by atoms with van der Waals surface area (Å²) in [6.07, 6.45) is 3.96. The fourth-order valence-electron chi connectivity index (χ4n) is 1.36. The zero-order chi connectivity index (χ0) is 13.0. The predicted molar refractivity (Wildman–Crippen MR) is 64.0 cm³/mol. The van der Waals surface area contributed by atoms with Crippen LogP contribution in [0.15, 0.2) is 11.5 Å². The van der Waals surface area contributed by atoms with Gasteiger partial charge in [0.1, 0.15) is 12.9 Å². The second-order valence-electron chi connectivity index (χ2n) is 3.89. The lowest BCUT2D eigenvalue weighted by Crippen LogP contribution is -2.31. The molecule has 98 valence electrons. The van der Waals surface area contributed by atoms with Crippen molar-refractivity contribution in [3.63, 3.8) is 0 Å². The smallest absolute Gasteiger partial charge is 0.325 e. The molecule has 0 radical (unpaired) electrons. The van der Waals surface area contributed by atoms with Crippen LogP contribution in [0, 0.1) is 0 Å². The highest BCUT2D eigenvalue weighted by Gasteiger charge is 2.26. The number of thioether (sulfide) groups is 1. The van der Waals surface area contributed by atoms with Crippen molar-refractivity contribution in [1.29, 1.82) is 0 Å². The molecule has 1 amide bonds. The molecule has 0 aromatic carbocycles. The van der Waals surface area contributed by atoms with E-state index in [0.717, 1.165) is 18.0 Å². The molecule has 8 heteroatoms. The third kappa shape index (κ3) is 3.46. The van der Waals surface area contributed by atoms with Crippen LogP contribution in [0.3, 0.4) is 0 Å². The maximum absolute atomic E-state index is 11.5. The number of esters is 1. The van der Waals surface area contributed by atoms with Gasteiger partial charge in [-0.3, -0.25) is 9.59 Å². The first kappa shape index (κ1) is 12.9. The highest BCUT2D eigenvalue weighted by molar-refractivity contribution is 7.99. The summed E-state index contributed by atoms with van der Waals surface area (Å²) in [5.41, 5.74) is 0. The molecule has 1 N–H and O–H groups in total. The van der Waals surface area contributed by atoms with E-state index in [9.17, 15) is 9.59 Å². The Balaban J connectivity index is 1.75. The molecule has 1 fully saturated rings. The highest BCUT2D eigenvalue weighted by Crippen LogP contribution is 2.37. The molecule has 1 aliphatic carbocycles. The number of hydrogen-bond donors (Lipinski definition) is 1.